The number of fused-ring (bicyclic) bond motifs is 1. The molecular formula is C25H32N2O6S. The van der Waals surface area contributed by atoms with E-state index in [-0.39, 0.29) is 23.5 Å². The average Bonchev–Trinajstić information content (AvgIpc) is 3.62. The van der Waals surface area contributed by atoms with Gasteiger partial charge in [0.1, 0.15) is 0 Å². The van der Waals surface area contributed by atoms with Crippen molar-refractivity contribution < 1.29 is 28.4 Å². The van der Waals surface area contributed by atoms with Crippen molar-refractivity contribution >= 4 is 27.4 Å². The fourth-order valence-electron chi connectivity index (χ4n) is 4.30. The van der Waals surface area contributed by atoms with Gasteiger partial charge in [-0.1, -0.05) is 28.1 Å². The fraction of sp³-hybridized carbons (Fsp3) is 0.440. The van der Waals surface area contributed by atoms with Crippen molar-refractivity contribution in [3.63, 3.8) is 0 Å². The van der Waals surface area contributed by atoms with Crippen LogP contribution in [0, 0.1) is 5.92 Å². The standard InChI is InChI=1S/C25H32N2O6S/c1-4-33-22-12-17(10-11-21(22)32-2)20(14-34(3,31)15-28)27-13-18-6-5-7-19(23(18)25(27)30)26-24(29)16-8-9-16/h5-7,10-12,16,20,28,34H,4,8-9,13-15H2,1-3H3,(H,26,29)/t20-/m0/s1. The highest BCUT2D eigenvalue weighted by Crippen LogP contribution is 2.39. The van der Waals surface area contributed by atoms with Crippen LogP contribution < -0.4 is 14.8 Å². The molecule has 2 aliphatic rings. The molecule has 34 heavy (non-hydrogen) atoms. The van der Waals surface area contributed by atoms with Gasteiger partial charge in [0.25, 0.3) is 5.91 Å². The zero-order chi connectivity index (χ0) is 24.5. The molecule has 1 aliphatic carbocycles. The molecule has 0 unspecified atom stereocenters. The normalized spacial score (nSPS) is 16.7. The molecule has 184 valence electrons. The maximum absolute atomic E-state index is 13.7. The van der Waals surface area contributed by atoms with Gasteiger partial charge < -0.3 is 24.8 Å². The van der Waals surface area contributed by atoms with Gasteiger partial charge >= 0.3 is 0 Å². The van der Waals surface area contributed by atoms with E-state index in [4.69, 9.17) is 9.47 Å². The van der Waals surface area contributed by atoms with Gasteiger partial charge in [-0.05, 0) is 55.3 Å². The summed E-state index contributed by atoms with van der Waals surface area (Å²) in [6.07, 6.45) is 3.28. The van der Waals surface area contributed by atoms with E-state index >= 15 is 0 Å². The van der Waals surface area contributed by atoms with Crippen LogP contribution in [0.25, 0.3) is 0 Å². The highest BCUT2D eigenvalue weighted by molar-refractivity contribution is 8.02. The molecule has 2 N–H and O–H groups in total. The van der Waals surface area contributed by atoms with Crippen LogP contribution in [0.1, 0.15) is 47.3 Å². The Labute approximate surface area is 200 Å². The first-order valence-electron chi connectivity index (χ1n) is 11.5. The molecule has 1 heterocycles. The molecule has 1 aliphatic heterocycles. The number of carbonyl (C=O) groups excluding carboxylic acids is 2. The van der Waals surface area contributed by atoms with E-state index in [1.165, 1.54) is 0 Å². The van der Waals surface area contributed by atoms with Crippen molar-refractivity contribution in [1.29, 1.82) is 0 Å². The summed E-state index contributed by atoms with van der Waals surface area (Å²) in [4.78, 5) is 27.7. The maximum atomic E-state index is 13.7. The SMILES string of the molecule is CCOc1cc([C@H](C[SH](C)(=O)CO)N2Cc3cccc(NC(=O)C4CC4)c3C2=O)ccc1OC. The lowest BCUT2D eigenvalue weighted by Gasteiger charge is -2.32. The number of ether oxygens (including phenoxy) is 2. The maximum Gasteiger partial charge on any atom is 0.257 e. The Hall–Kier alpha value is -2.91. The second-order valence-corrected chi connectivity index (χ2v) is 12.3. The Morgan fingerprint density at radius 2 is 2.03 bits per heavy atom. The number of hydrogen-bond acceptors (Lipinski definition) is 6. The van der Waals surface area contributed by atoms with Crippen molar-refractivity contribution in [3.05, 3.63) is 53.1 Å². The van der Waals surface area contributed by atoms with E-state index in [2.05, 4.69) is 5.32 Å². The summed E-state index contributed by atoms with van der Waals surface area (Å²) >= 11 is 0. The highest BCUT2D eigenvalue weighted by Gasteiger charge is 2.38. The lowest BCUT2D eigenvalue weighted by molar-refractivity contribution is -0.117. The molecule has 1 atom stereocenters. The van der Waals surface area contributed by atoms with E-state index < -0.39 is 21.9 Å². The van der Waals surface area contributed by atoms with E-state index in [9.17, 15) is 18.9 Å². The van der Waals surface area contributed by atoms with Gasteiger partial charge in [-0.3, -0.25) is 13.8 Å². The molecule has 9 heteroatoms. The fourth-order valence-corrected chi connectivity index (χ4v) is 5.55. The number of rotatable bonds is 10. The number of nitrogens with one attached hydrogen (secondary N) is 1. The number of nitrogens with zero attached hydrogens (tertiary/aromatic N) is 1. The van der Waals surface area contributed by atoms with E-state index in [0.717, 1.165) is 24.0 Å². The average molecular weight is 489 g/mol. The molecule has 1 fully saturated rings. The van der Waals surface area contributed by atoms with E-state index in [1.54, 1.807) is 36.5 Å². The highest BCUT2D eigenvalue weighted by atomic mass is 32.2. The molecule has 1 saturated carbocycles. The number of aliphatic hydroxyl groups is 1. The van der Waals surface area contributed by atoms with Crippen LogP contribution >= 0.6 is 0 Å². The first-order valence-corrected chi connectivity index (χ1v) is 14.0. The lowest BCUT2D eigenvalue weighted by atomic mass is 10.1. The number of carbonyl (C=O) groups is 2. The topological polar surface area (TPSA) is 105 Å². The summed E-state index contributed by atoms with van der Waals surface area (Å²) in [7, 11) is -1.38. The molecule has 8 nitrogen and oxygen atoms in total. The monoisotopic (exact) mass is 488 g/mol. The van der Waals surface area contributed by atoms with Crippen molar-refractivity contribution in [2.75, 3.05) is 37.0 Å². The third-order valence-corrected chi connectivity index (χ3v) is 8.00. The van der Waals surface area contributed by atoms with Crippen LogP contribution in [0.2, 0.25) is 0 Å². The molecule has 0 spiro atoms. The minimum absolute atomic E-state index is 0.0167. The zero-order valence-electron chi connectivity index (χ0n) is 19.7. The predicted molar refractivity (Wildman–Crippen MR) is 132 cm³/mol. The van der Waals surface area contributed by atoms with Gasteiger partial charge in [0.05, 0.1) is 36.9 Å². The van der Waals surface area contributed by atoms with Crippen molar-refractivity contribution in [2.24, 2.45) is 5.92 Å². The Morgan fingerprint density at radius 3 is 2.68 bits per heavy atom. The molecule has 4 rings (SSSR count). The first-order chi connectivity index (χ1) is 16.3. The third-order valence-electron chi connectivity index (χ3n) is 6.28. The Morgan fingerprint density at radius 1 is 1.26 bits per heavy atom. The Balaban J connectivity index is 1.71. The smallest absolute Gasteiger partial charge is 0.257 e. The lowest BCUT2D eigenvalue weighted by Crippen LogP contribution is -2.36. The molecule has 0 saturated heterocycles. The van der Waals surface area contributed by atoms with Crippen LogP contribution in [0.3, 0.4) is 0 Å². The van der Waals surface area contributed by atoms with Gasteiger partial charge in [-0.2, -0.15) is 0 Å². The Bertz CT molecular complexity index is 1150. The summed E-state index contributed by atoms with van der Waals surface area (Å²) in [6, 6.07) is 10.3. The first kappa shape index (κ1) is 24.2. The Kier molecular flexibility index (Phi) is 6.95. The van der Waals surface area contributed by atoms with Crippen molar-refractivity contribution in [3.8, 4) is 11.5 Å². The number of hydrogen-bond donors (Lipinski definition) is 3. The molecule has 0 radical (unpaired) electrons. The van der Waals surface area contributed by atoms with Crippen LogP contribution in [-0.2, 0) is 21.3 Å². The minimum atomic E-state index is -2.94. The molecule has 0 aromatic heterocycles. The van der Waals surface area contributed by atoms with Gasteiger partial charge in [-0.15, -0.1) is 0 Å². The van der Waals surface area contributed by atoms with Crippen LogP contribution in [0.5, 0.6) is 11.5 Å². The third kappa shape index (κ3) is 4.95. The molecular weight excluding hydrogens is 456 g/mol. The van der Waals surface area contributed by atoms with Gasteiger partial charge in [0.15, 0.2) is 11.5 Å². The summed E-state index contributed by atoms with van der Waals surface area (Å²) in [5.41, 5.74) is 2.52. The number of anilines is 1. The zero-order valence-corrected chi connectivity index (χ0v) is 20.6. The largest absolute Gasteiger partial charge is 0.493 e. The molecule has 2 amide bonds. The number of amides is 2. The second kappa shape index (κ2) is 9.76. The van der Waals surface area contributed by atoms with Gasteiger partial charge in [-0.25, -0.2) is 0 Å². The molecule has 0 bridgehead atoms. The number of methoxy groups -OCH3 is 1. The molecule has 2 aromatic rings. The molecule has 2 aromatic carbocycles. The van der Waals surface area contributed by atoms with Gasteiger partial charge in [0.2, 0.25) is 5.91 Å². The summed E-state index contributed by atoms with van der Waals surface area (Å²) in [6.45, 7) is 2.62. The van der Waals surface area contributed by atoms with Crippen LogP contribution in [-0.4, -0.2) is 57.7 Å². The quantitative estimate of drug-likeness (QED) is 0.444. The summed E-state index contributed by atoms with van der Waals surface area (Å²) in [5.74, 6) is 0.476. The summed E-state index contributed by atoms with van der Waals surface area (Å²) < 4.78 is 24.1. The number of aliphatic hydroxyl groups excluding tert-OH is 1. The van der Waals surface area contributed by atoms with E-state index in [0.29, 0.717) is 35.9 Å². The van der Waals surface area contributed by atoms with Crippen LogP contribution in [0.4, 0.5) is 5.69 Å². The van der Waals surface area contributed by atoms with Crippen molar-refractivity contribution in [1.82, 2.24) is 4.90 Å². The van der Waals surface area contributed by atoms with E-state index in [1.807, 2.05) is 25.1 Å². The number of thiol groups is 1. The van der Waals surface area contributed by atoms with Crippen molar-refractivity contribution in [2.45, 2.75) is 32.4 Å². The summed E-state index contributed by atoms with van der Waals surface area (Å²) in [5, 5.41) is 12.7. The number of benzene rings is 2. The predicted octanol–water partition coefficient (Wildman–Crippen LogP) is 2.74. The second-order valence-electron chi connectivity index (χ2n) is 9.02. The minimum Gasteiger partial charge on any atom is -0.493 e. The van der Waals surface area contributed by atoms with Crippen LogP contribution in [0.15, 0.2) is 36.4 Å². The van der Waals surface area contributed by atoms with Gasteiger partial charge in [0, 0.05) is 18.2 Å².